The van der Waals surface area contributed by atoms with Gasteiger partial charge in [-0.1, -0.05) is 0 Å². The highest BCUT2D eigenvalue weighted by Gasteiger charge is 2.25. The first kappa shape index (κ1) is 13.5. The van der Waals surface area contributed by atoms with Crippen molar-refractivity contribution in [1.29, 1.82) is 0 Å². The minimum Gasteiger partial charge on any atom is -0.369 e. The normalized spacial score (nSPS) is 11.6. The average molecular weight is 319 g/mol. The molecule has 0 aliphatic carbocycles. The van der Waals surface area contributed by atoms with Crippen molar-refractivity contribution in [1.82, 2.24) is 9.97 Å². The Kier molecular flexibility index (Phi) is 4.79. The molecule has 90 valence electrons. The summed E-state index contributed by atoms with van der Waals surface area (Å²) in [4.78, 5) is 7.52. The van der Waals surface area contributed by atoms with Crippen LogP contribution >= 0.6 is 27.5 Å². The van der Waals surface area contributed by atoms with Gasteiger partial charge in [0.1, 0.15) is 5.82 Å². The predicted molar refractivity (Wildman–Crippen MR) is 58.5 cm³/mol. The first-order chi connectivity index (χ1) is 7.38. The van der Waals surface area contributed by atoms with Gasteiger partial charge in [0.05, 0.1) is 4.47 Å². The molecule has 1 aromatic heterocycles. The van der Waals surface area contributed by atoms with E-state index in [2.05, 4.69) is 31.2 Å². The van der Waals surface area contributed by atoms with Gasteiger partial charge in [-0.2, -0.15) is 18.2 Å². The van der Waals surface area contributed by atoms with Crippen LogP contribution < -0.4 is 5.32 Å². The summed E-state index contributed by atoms with van der Waals surface area (Å²) in [5, 5.41) is 2.79. The fourth-order valence-corrected chi connectivity index (χ4v) is 1.43. The van der Waals surface area contributed by atoms with Gasteiger partial charge < -0.3 is 5.32 Å². The third-order valence-corrected chi connectivity index (χ3v) is 2.41. The van der Waals surface area contributed by atoms with Gasteiger partial charge in [0.2, 0.25) is 5.28 Å². The van der Waals surface area contributed by atoms with E-state index in [9.17, 15) is 13.2 Å². The number of halogens is 5. The van der Waals surface area contributed by atoms with Crippen LogP contribution in [0.2, 0.25) is 5.28 Å². The smallest absolute Gasteiger partial charge is 0.369 e. The molecule has 0 bridgehead atoms. The van der Waals surface area contributed by atoms with Gasteiger partial charge in [0.25, 0.3) is 0 Å². The lowest BCUT2D eigenvalue weighted by atomic mass is 10.3. The minimum atomic E-state index is -4.12. The molecule has 0 unspecified atom stereocenters. The molecule has 1 N–H and O–H groups in total. The first-order valence-corrected chi connectivity index (χ1v) is 5.54. The van der Waals surface area contributed by atoms with E-state index in [1.54, 1.807) is 0 Å². The van der Waals surface area contributed by atoms with E-state index in [0.29, 0.717) is 10.3 Å². The van der Waals surface area contributed by atoms with Gasteiger partial charge in [-0.25, -0.2) is 4.98 Å². The van der Waals surface area contributed by atoms with Crippen LogP contribution in [-0.4, -0.2) is 22.7 Å². The quantitative estimate of drug-likeness (QED) is 0.680. The number of anilines is 1. The molecule has 0 saturated heterocycles. The minimum absolute atomic E-state index is 0.0163. The monoisotopic (exact) mass is 317 g/mol. The zero-order valence-electron chi connectivity index (χ0n) is 7.98. The third kappa shape index (κ3) is 4.98. The molecule has 16 heavy (non-hydrogen) atoms. The number of aromatic nitrogens is 2. The van der Waals surface area contributed by atoms with Crippen molar-refractivity contribution >= 4 is 33.3 Å². The molecular weight excluding hydrogens is 310 g/mol. The molecular formula is C8H8BrClF3N3. The summed E-state index contributed by atoms with van der Waals surface area (Å²) >= 11 is 8.69. The average Bonchev–Trinajstić information content (AvgIpc) is 2.16. The predicted octanol–water partition coefficient (Wildman–Crippen LogP) is 3.65. The van der Waals surface area contributed by atoms with Gasteiger partial charge in [0.15, 0.2) is 0 Å². The van der Waals surface area contributed by atoms with Crippen molar-refractivity contribution in [2.24, 2.45) is 0 Å². The summed E-state index contributed by atoms with van der Waals surface area (Å²) in [6, 6.07) is 0. The third-order valence-electron chi connectivity index (χ3n) is 1.64. The number of nitrogens with one attached hydrogen (secondary N) is 1. The highest BCUT2D eigenvalue weighted by Crippen LogP contribution is 2.23. The maximum Gasteiger partial charge on any atom is 0.389 e. The van der Waals surface area contributed by atoms with Crippen LogP contribution in [0.15, 0.2) is 10.7 Å². The van der Waals surface area contributed by atoms with Gasteiger partial charge in [-0.15, -0.1) is 0 Å². The lowest BCUT2D eigenvalue weighted by Crippen LogP contribution is -2.11. The van der Waals surface area contributed by atoms with Gasteiger partial charge in [-0.05, 0) is 34.0 Å². The van der Waals surface area contributed by atoms with E-state index < -0.39 is 12.6 Å². The molecule has 0 aliphatic rings. The summed E-state index contributed by atoms with van der Waals surface area (Å²) in [5.41, 5.74) is 0. The first-order valence-electron chi connectivity index (χ1n) is 4.37. The van der Waals surface area contributed by atoms with Crippen LogP contribution in [0.25, 0.3) is 0 Å². The molecule has 3 nitrogen and oxygen atoms in total. The molecule has 0 amide bonds. The fourth-order valence-electron chi connectivity index (χ4n) is 0.965. The van der Waals surface area contributed by atoms with E-state index >= 15 is 0 Å². The Morgan fingerprint density at radius 2 is 2.12 bits per heavy atom. The topological polar surface area (TPSA) is 37.8 Å². The van der Waals surface area contributed by atoms with Crippen LogP contribution in [0.3, 0.4) is 0 Å². The summed E-state index contributed by atoms with van der Waals surface area (Å²) in [5.74, 6) is 0.391. The van der Waals surface area contributed by atoms with Crippen LogP contribution in [0.5, 0.6) is 0 Å². The summed E-state index contributed by atoms with van der Waals surface area (Å²) in [7, 11) is 0. The van der Waals surface area contributed by atoms with Crippen LogP contribution in [0, 0.1) is 0 Å². The van der Waals surface area contributed by atoms with Gasteiger partial charge in [0, 0.05) is 19.2 Å². The molecule has 0 fully saturated rings. The van der Waals surface area contributed by atoms with Crippen molar-refractivity contribution in [3.8, 4) is 0 Å². The molecule has 8 heteroatoms. The highest BCUT2D eigenvalue weighted by atomic mass is 79.9. The van der Waals surface area contributed by atoms with E-state index in [1.165, 1.54) is 6.20 Å². The lowest BCUT2D eigenvalue weighted by molar-refractivity contribution is -0.134. The molecule has 0 aliphatic heterocycles. The van der Waals surface area contributed by atoms with Crippen LogP contribution in [-0.2, 0) is 0 Å². The highest BCUT2D eigenvalue weighted by molar-refractivity contribution is 9.10. The largest absolute Gasteiger partial charge is 0.389 e. The Labute approximate surface area is 104 Å². The number of hydrogen-bond donors (Lipinski definition) is 1. The summed E-state index contributed by atoms with van der Waals surface area (Å²) < 4.78 is 36.1. The molecule has 0 spiro atoms. The lowest BCUT2D eigenvalue weighted by Gasteiger charge is -2.08. The van der Waals surface area contributed by atoms with E-state index in [1.807, 2.05) is 0 Å². The second kappa shape index (κ2) is 5.67. The Morgan fingerprint density at radius 1 is 1.44 bits per heavy atom. The number of hydrogen-bond acceptors (Lipinski definition) is 3. The Morgan fingerprint density at radius 3 is 2.75 bits per heavy atom. The number of rotatable bonds is 4. The van der Waals surface area contributed by atoms with E-state index in [0.717, 1.165) is 0 Å². The van der Waals surface area contributed by atoms with Crippen molar-refractivity contribution in [3.63, 3.8) is 0 Å². The maximum atomic E-state index is 11.8. The number of alkyl halides is 3. The molecule has 1 heterocycles. The Balaban J connectivity index is 2.40. The van der Waals surface area contributed by atoms with Crippen LogP contribution in [0.4, 0.5) is 19.0 Å². The fraction of sp³-hybridized carbons (Fsp3) is 0.500. The Hall–Kier alpha value is -0.560. The zero-order chi connectivity index (χ0) is 12.2. The van der Waals surface area contributed by atoms with Crippen molar-refractivity contribution in [2.75, 3.05) is 11.9 Å². The second-order valence-electron chi connectivity index (χ2n) is 2.98. The second-order valence-corrected chi connectivity index (χ2v) is 4.17. The molecule has 0 saturated carbocycles. The standard InChI is InChI=1S/C8H8BrClF3N3/c9-5-4-15-7(10)16-6(5)14-3-1-2-8(11,12)13/h4H,1-3H2,(H,14,15,16). The summed E-state index contributed by atoms with van der Waals surface area (Å²) in [6.07, 6.45) is -3.53. The van der Waals surface area contributed by atoms with Crippen LogP contribution in [0.1, 0.15) is 12.8 Å². The molecule has 1 aromatic rings. The zero-order valence-corrected chi connectivity index (χ0v) is 10.3. The summed E-state index contributed by atoms with van der Waals surface area (Å²) in [6.45, 7) is 0.172. The molecule has 0 atom stereocenters. The van der Waals surface area contributed by atoms with Crippen molar-refractivity contribution < 1.29 is 13.2 Å². The maximum absolute atomic E-state index is 11.8. The van der Waals surface area contributed by atoms with Gasteiger partial charge in [-0.3, -0.25) is 0 Å². The van der Waals surface area contributed by atoms with E-state index in [-0.39, 0.29) is 18.2 Å². The number of nitrogens with zero attached hydrogens (tertiary/aromatic N) is 2. The molecule has 1 rings (SSSR count). The molecule has 0 aromatic carbocycles. The van der Waals surface area contributed by atoms with Crippen molar-refractivity contribution in [3.05, 3.63) is 16.0 Å². The SMILES string of the molecule is FC(F)(F)CCCNc1nc(Cl)ncc1Br. The Bertz CT molecular complexity index is 359. The van der Waals surface area contributed by atoms with Crippen molar-refractivity contribution in [2.45, 2.75) is 19.0 Å². The van der Waals surface area contributed by atoms with E-state index in [4.69, 9.17) is 11.6 Å². The van der Waals surface area contributed by atoms with Gasteiger partial charge >= 0.3 is 6.18 Å². The molecule has 0 radical (unpaired) electrons.